The number of benzene rings is 1. The summed E-state index contributed by atoms with van der Waals surface area (Å²) in [7, 11) is 0. The van der Waals surface area contributed by atoms with Gasteiger partial charge in [0.2, 0.25) is 59.1 Å². The third-order valence-electron chi connectivity index (χ3n) is 17.1. The number of amides is 12. The Kier molecular flexibility index (Phi) is 34.1. The van der Waals surface area contributed by atoms with Gasteiger partial charge in [0.05, 0.1) is 30.3 Å². The number of primary amides is 1. The van der Waals surface area contributed by atoms with Crippen LogP contribution in [0, 0.1) is 23.7 Å². The molecule has 0 unspecified atom stereocenters. The van der Waals surface area contributed by atoms with Gasteiger partial charge in [-0.15, -0.1) is 11.8 Å². The molecule has 20 N–H and O–H groups in total. The highest BCUT2D eigenvalue weighted by Crippen LogP contribution is 2.25. The van der Waals surface area contributed by atoms with Crippen molar-refractivity contribution < 1.29 is 77.3 Å². The van der Waals surface area contributed by atoms with Gasteiger partial charge < -0.3 is 86.0 Å². The lowest BCUT2D eigenvalue weighted by molar-refractivity contribution is -0.157. The molecular weight excluding hydrogens is 1310 g/mol. The number of carbonyl (C=O) groups is 14. The Bertz CT molecular complexity index is 3160. The van der Waals surface area contributed by atoms with E-state index < -0.39 is 206 Å². The molecule has 2 aliphatic rings. The number of thioether (sulfide) groups is 1. The van der Waals surface area contributed by atoms with Crippen LogP contribution in [0.15, 0.2) is 47.8 Å². The number of hydrogen-bond acceptors (Lipinski definition) is 20. The lowest BCUT2D eigenvalue weighted by Gasteiger charge is -2.37. The van der Waals surface area contributed by atoms with Crippen LogP contribution in [-0.4, -0.2) is 204 Å². The number of imide groups is 1. The summed E-state index contributed by atoms with van der Waals surface area (Å²) in [5.41, 5.74) is 24.9. The zero-order valence-electron chi connectivity index (χ0n) is 57.5. The van der Waals surface area contributed by atoms with Gasteiger partial charge in [0.15, 0.2) is 0 Å². The first kappa shape index (κ1) is 82.5. The molecule has 12 amide bonds. The van der Waals surface area contributed by atoms with Gasteiger partial charge in [-0.2, -0.15) is 0 Å². The number of nitrogens with zero attached hydrogens (tertiary/aromatic N) is 3. The minimum atomic E-state index is -2.33. The molecular formula is C65H101N17O16S. The van der Waals surface area contributed by atoms with Crippen molar-refractivity contribution in [2.75, 3.05) is 18.8 Å². The number of unbranched alkanes of at least 4 members (excludes halogenated alkanes) is 1. The molecule has 1 aromatic carbocycles. The number of aromatic nitrogens is 2. The summed E-state index contributed by atoms with van der Waals surface area (Å²) in [6, 6.07) is -10.9. The number of H-pyrrole nitrogens is 1. The van der Waals surface area contributed by atoms with E-state index in [1.54, 1.807) is 65.0 Å². The number of rotatable bonds is 33. The van der Waals surface area contributed by atoms with Gasteiger partial charge in [0.1, 0.15) is 66.5 Å². The molecule has 548 valence electrons. The van der Waals surface area contributed by atoms with Crippen LogP contribution in [0.2, 0.25) is 0 Å². The highest BCUT2D eigenvalue weighted by Gasteiger charge is 2.46. The monoisotopic (exact) mass is 1410 g/mol. The van der Waals surface area contributed by atoms with Crippen LogP contribution in [-0.2, 0) is 80.0 Å². The molecule has 4 rings (SSSR count). The summed E-state index contributed by atoms with van der Waals surface area (Å²) in [6.07, 6.45) is -1.63. The second-order valence-corrected chi connectivity index (χ2v) is 26.9. The van der Waals surface area contributed by atoms with E-state index in [0.29, 0.717) is 15.5 Å². The molecule has 0 bridgehead atoms. The maximum absolute atomic E-state index is 16.0. The molecule has 99 heavy (non-hydrogen) atoms. The number of aliphatic carboxylic acids is 2. The minimum absolute atomic E-state index is 0.00206. The lowest BCUT2D eigenvalue weighted by Crippen LogP contribution is -2.65. The van der Waals surface area contributed by atoms with Gasteiger partial charge in [-0.3, -0.25) is 77.0 Å². The molecule has 33 nitrogen and oxygen atoms in total. The average Bonchev–Trinajstić information content (AvgIpc) is 1.22. The van der Waals surface area contributed by atoms with Gasteiger partial charge in [-0.05, 0) is 87.3 Å². The third kappa shape index (κ3) is 26.1. The van der Waals surface area contributed by atoms with Crippen LogP contribution < -0.4 is 70.8 Å². The fourth-order valence-electron chi connectivity index (χ4n) is 10.9. The first-order valence-electron chi connectivity index (χ1n) is 33.5. The van der Waals surface area contributed by atoms with E-state index in [0.717, 1.165) is 6.42 Å². The van der Waals surface area contributed by atoms with Crippen LogP contribution in [0.1, 0.15) is 144 Å². The molecule has 1 fully saturated rings. The number of hydrogen-bond donors (Lipinski definition) is 16. The van der Waals surface area contributed by atoms with E-state index in [4.69, 9.17) is 22.9 Å². The van der Waals surface area contributed by atoms with E-state index in [2.05, 4.69) is 62.8 Å². The van der Waals surface area contributed by atoms with Crippen molar-refractivity contribution in [3.8, 4) is 0 Å². The second-order valence-electron chi connectivity index (χ2n) is 25.8. The zero-order chi connectivity index (χ0) is 73.8. The molecule has 0 aliphatic carbocycles. The molecule has 34 heteroatoms. The predicted molar refractivity (Wildman–Crippen MR) is 364 cm³/mol. The van der Waals surface area contributed by atoms with Crippen LogP contribution in [0.25, 0.3) is 0 Å². The number of carbonyl (C=O) groups excluding carboxylic acids is 12. The van der Waals surface area contributed by atoms with Crippen molar-refractivity contribution in [3.05, 3.63) is 54.1 Å². The first-order valence-corrected chi connectivity index (χ1v) is 34.5. The number of carboxylic acids is 2. The van der Waals surface area contributed by atoms with Crippen LogP contribution in [0.5, 0.6) is 0 Å². The van der Waals surface area contributed by atoms with E-state index >= 15 is 14.4 Å². The Hall–Kier alpha value is -8.89. The Morgan fingerprint density at radius 3 is 1.82 bits per heavy atom. The number of carboxylic acid groups (broad SMARTS) is 2. The highest BCUT2D eigenvalue weighted by molar-refractivity contribution is 8.14. The Labute approximate surface area is 579 Å². The Morgan fingerprint density at radius 1 is 0.657 bits per heavy atom. The van der Waals surface area contributed by atoms with Crippen molar-refractivity contribution in [1.82, 2.24) is 62.7 Å². The van der Waals surface area contributed by atoms with Gasteiger partial charge in [-0.1, -0.05) is 98.6 Å². The summed E-state index contributed by atoms with van der Waals surface area (Å²) < 4.78 is 0. The number of aliphatic imine (C=N–C) groups is 1. The molecule has 2 aliphatic heterocycles. The number of aromatic amines is 1. The van der Waals surface area contributed by atoms with Crippen molar-refractivity contribution in [2.45, 2.75) is 218 Å². The quantitative estimate of drug-likeness (QED) is 0.0344. The van der Waals surface area contributed by atoms with E-state index in [1.165, 1.54) is 31.2 Å². The van der Waals surface area contributed by atoms with E-state index in [9.17, 15) is 63.0 Å². The van der Waals surface area contributed by atoms with Crippen molar-refractivity contribution in [1.29, 1.82) is 0 Å². The van der Waals surface area contributed by atoms with Gasteiger partial charge in [0.25, 0.3) is 11.8 Å². The van der Waals surface area contributed by atoms with Crippen molar-refractivity contribution >= 4 is 99.6 Å². The topological polar surface area (TPSA) is 536 Å². The molecule has 14 atom stereocenters. The molecule has 2 aromatic rings. The van der Waals surface area contributed by atoms with E-state index in [1.807, 2.05) is 13.8 Å². The average molecular weight is 1410 g/mol. The predicted octanol–water partition coefficient (Wildman–Crippen LogP) is -1.99. The summed E-state index contributed by atoms with van der Waals surface area (Å²) in [6.45, 7) is 13.6. The number of nitrogens with two attached hydrogens (primary N) is 4. The zero-order valence-corrected chi connectivity index (χ0v) is 58.3. The van der Waals surface area contributed by atoms with Gasteiger partial charge in [-0.25, -0.2) is 4.98 Å². The first-order chi connectivity index (χ1) is 46.8. The van der Waals surface area contributed by atoms with Crippen molar-refractivity contribution in [3.63, 3.8) is 0 Å². The lowest BCUT2D eigenvalue weighted by atomic mass is 9.94. The van der Waals surface area contributed by atoms with Crippen LogP contribution in [0.4, 0.5) is 0 Å². The molecule has 3 heterocycles. The van der Waals surface area contributed by atoms with Crippen LogP contribution in [0.3, 0.4) is 0 Å². The molecule has 1 saturated heterocycles. The third-order valence-corrected chi connectivity index (χ3v) is 18.2. The normalized spacial score (nSPS) is 22.7. The summed E-state index contributed by atoms with van der Waals surface area (Å²) in [4.78, 5) is 214. The highest BCUT2D eigenvalue weighted by atomic mass is 32.2. The second kappa shape index (κ2) is 40.9. The molecule has 1 aromatic heterocycles. The fourth-order valence-corrected chi connectivity index (χ4v) is 12.1. The Morgan fingerprint density at radius 2 is 1.24 bits per heavy atom. The standard InChI is InChI=1S/C65H101N17O16S/c1-9-35(7)51(69)63-79-46(31-99-63)60(94)74-41(25-33(3)4)56(90)72-40(21-22-49(84)85)55(89)81-53(36(8)10-2)65(98)82-47(20-14-15-23-66)61(95)73-39(19-16-24-67)54(88)80-52(34(5)6)62(96)77-42(26-37-17-12-11-13-18-37)57(91)75-43(27-38-30-70-32-71-38)58(92)76-44(29-50(86)87)59(93)78-45(64(82)97)28-48(68)83/h11-13,17-18,30,32-36,39-47,51-53H,9-10,14-16,19-29,31,66-67,69H2,1-8H3,(H2,68,83)(H,70,71)(H,72,90)(H,73,95)(H,74,94)(H,75,91)(H,76,92)(H,77,96)(H,78,93)(H,80,88)(H,81,89)(H,84,85)(H,86,87)/t35-,36+,39-,40-,41+,42-,43+,44-,45+,46+,47+,51-,52+,53+/m1/s1. The van der Waals surface area contributed by atoms with Gasteiger partial charge in [0, 0.05) is 36.9 Å². The van der Waals surface area contributed by atoms with Gasteiger partial charge >= 0.3 is 11.9 Å². The summed E-state index contributed by atoms with van der Waals surface area (Å²) in [5, 5.41) is 43.7. The number of nitrogens with one attached hydrogen (secondary N) is 10. The SMILES string of the molecule is CC[C@@H](C)[C@@H](N)C1=N[C@H](C(=O)N[C@@H](CC(C)C)C(=O)N[C@H](CCC(=O)O)C(=O)N[C@H](C(=O)N2C(=O)[C@H](CC(N)=O)NC(=O)[C@@H](CC(=O)O)NC(=O)[C@H](Cc3cnc[nH]3)NC(=O)[C@@H](Cc3ccccc3)NC(=O)[C@H](C(C)C)NC(=O)[C@@H](CCCN)NC(=O)[C@@H]2CCCCN)[C@@H](C)CC)CS1. The molecule has 0 spiro atoms. The van der Waals surface area contributed by atoms with E-state index in [-0.39, 0.29) is 81.3 Å². The molecule has 0 saturated carbocycles. The summed E-state index contributed by atoms with van der Waals surface area (Å²) >= 11 is 1.31. The fraction of sp³-hybridized carbons (Fsp3) is 0.631. The maximum atomic E-state index is 16.0. The Balaban J connectivity index is 1.98. The van der Waals surface area contributed by atoms with Crippen LogP contribution >= 0.6 is 11.8 Å². The minimum Gasteiger partial charge on any atom is -0.481 e. The molecule has 0 radical (unpaired) electrons. The summed E-state index contributed by atoms with van der Waals surface area (Å²) in [5.74, 6) is -18.7. The maximum Gasteiger partial charge on any atom is 0.305 e. The smallest absolute Gasteiger partial charge is 0.305 e. The largest absolute Gasteiger partial charge is 0.481 e. The van der Waals surface area contributed by atoms with Crippen molar-refractivity contribution in [2.24, 2.45) is 51.6 Å². The number of imidazole rings is 1.